The number of piperidine rings is 1. The maximum atomic E-state index is 11.9. The molecule has 58 heavy (non-hydrogen) atoms. The first-order chi connectivity index (χ1) is 27.3. The quantitative estimate of drug-likeness (QED) is 0.213. The minimum absolute atomic E-state index is 0.0490. The van der Waals surface area contributed by atoms with Crippen molar-refractivity contribution in [1.82, 2.24) is 28.8 Å². The first-order valence-electron chi connectivity index (χ1n) is 19.3. The Labute approximate surface area is 338 Å². The summed E-state index contributed by atoms with van der Waals surface area (Å²) in [4.78, 5) is 62.4. The normalized spacial score (nSPS) is 19.5. The number of likely N-dealkylation sites (tertiary alicyclic amines) is 1. The highest BCUT2D eigenvalue weighted by atomic mass is 16.7. The average molecular weight is 806 g/mol. The summed E-state index contributed by atoms with van der Waals surface area (Å²) in [6, 6.07) is 9.13. The monoisotopic (exact) mass is 805 g/mol. The van der Waals surface area contributed by atoms with Gasteiger partial charge >= 0.3 is 29.6 Å². The molecule has 0 atom stereocenters. The van der Waals surface area contributed by atoms with Crippen molar-refractivity contribution in [2.45, 2.75) is 70.6 Å². The molecule has 19 heteroatoms. The van der Waals surface area contributed by atoms with Crippen molar-refractivity contribution in [3.8, 4) is 0 Å². The number of nitrogens with zero attached hydrogens (tertiary/aromatic N) is 7. The number of nitrogens with two attached hydrogens (primary N) is 1. The molecule has 3 N–H and O–H groups in total. The van der Waals surface area contributed by atoms with Gasteiger partial charge in [0.25, 0.3) is 5.56 Å². The molecule has 0 bridgehead atoms. The van der Waals surface area contributed by atoms with E-state index in [4.69, 9.17) is 15.0 Å². The van der Waals surface area contributed by atoms with E-state index in [2.05, 4.69) is 67.6 Å². The Bertz CT molecular complexity index is 2120. The molecule has 4 aliphatic heterocycles. The van der Waals surface area contributed by atoms with Crippen LogP contribution in [0.4, 0.5) is 17.1 Å². The van der Waals surface area contributed by atoms with Gasteiger partial charge in [-0.15, -0.1) is 0 Å². The van der Waals surface area contributed by atoms with Crippen LogP contribution in [0.3, 0.4) is 0 Å². The number of nitrogen functional groups attached to an aromatic ring is 1. The van der Waals surface area contributed by atoms with Gasteiger partial charge in [0.15, 0.2) is 0 Å². The molecule has 0 aromatic carbocycles. The molecule has 314 valence electrons. The summed E-state index contributed by atoms with van der Waals surface area (Å²) in [6.45, 7) is 14.2. The lowest BCUT2D eigenvalue weighted by molar-refractivity contribution is -0.386. The largest absolute Gasteiger partial charge is 0.490 e. The molecule has 0 aliphatic carbocycles. The van der Waals surface area contributed by atoms with Gasteiger partial charge < -0.3 is 39.3 Å². The maximum Gasteiger partial charge on any atom is 0.490 e. The zero-order valence-corrected chi connectivity index (χ0v) is 34.5. The lowest BCUT2D eigenvalue weighted by Gasteiger charge is -2.32. The van der Waals surface area contributed by atoms with Gasteiger partial charge in [-0.25, -0.2) is 0 Å². The molecule has 18 nitrogen and oxygen atoms in total. The predicted octanol–water partition coefficient (Wildman–Crippen LogP) is 3.79. The zero-order valence-electron chi connectivity index (χ0n) is 34.5. The van der Waals surface area contributed by atoms with Crippen LogP contribution in [0.15, 0.2) is 87.0 Å². The molecule has 2 fully saturated rings. The number of anilines is 1. The summed E-state index contributed by atoms with van der Waals surface area (Å²) >= 11 is 0. The summed E-state index contributed by atoms with van der Waals surface area (Å²) in [6.07, 6.45) is 12.8. The molecule has 2 saturated heterocycles. The van der Waals surface area contributed by atoms with Gasteiger partial charge in [-0.1, -0.05) is 12.2 Å². The van der Waals surface area contributed by atoms with Crippen molar-refractivity contribution < 1.29 is 19.2 Å². The van der Waals surface area contributed by atoms with Crippen LogP contribution in [0.1, 0.15) is 59.4 Å². The molecule has 0 saturated carbocycles. The number of likely N-dealkylation sites (N-methyl/N-ethyl adjacent to an activating group) is 2. The lowest BCUT2D eigenvalue weighted by Crippen LogP contribution is -2.41. The molecule has 0 spiro atoms. The van der Waals surface area contributed by atoms with Crippen molar-refractivity contribution >= 4 is 29.9 Å². The summed E-state index contributed by atoms with van der Waals surface area (Å²) in [5, 5.41) is 20.7. The van der Waals surface area contributed by atoms with Crippen LogP contribution in [0.2, 0.25) is 0 Å². The fourth-order valence-corrected chi connectivity index (χ4v) is 6.47. The molecule has 0 unspecified atom stereocenters. The number of nitro groups is 2. The van der Waals surface area contributed by atoms with Crippen molar-refractivity contribution in [3.05, 3.63) is 124 Å². The minimum Gasteiger partial charge on any atom is -0.400 e. The number of pyridine rings is 3. The average Bonchev–Trinajstić information content (AvgIpc) is 3.40. The molecule has 3 aromatic heterocycles. The Morgan fingerprint density at radius 1 is 0.759 bits per heavy atom. The van der Waals surface area contributed by atoms with E-state index < -0.39 is 26.7 Å². The third-order valence-corrected chi connectivity index (χ3v) is 10.9. The number of hydrogen-bond donors (Lipinski definition) is 2. The van der Waals surface area contributed by atoms with E-state index in [9.17, 15) is 34.6 Å². The van der Waals surface area contributed by atoms with Gasteiger partial charge in [-0.05, 0) is 111 Å². The fraction of sp³-hybridized carbons (Fsp3) is 0.513. The number of aromatic amines is 1. The van der Waals surface area contributed by atoms with Gasteiger partial charge in [-0.2, -0.15) is 0 Å². The van der Waals surface area contributed by atoms with E-state index in [1.54, 1.807) is 16.8 Å². The topological polar surface area (TPSA) is 217 Å². The SMILES string of the molecule is CN1CC=C(B2OC(C)(C)C(C)(C)O2)CC1.CN1CC=C(n2cccc([N+](=O)[O-])c2=O)CC1.CN1CCC(n2cccc(N)c2=O)CC1.O=c1[nH]cccc1[N+](=O)[O-]. The Balaban J connectivity index is 0.000000174. The second-order valence-electron chi connectivity index (χ2n) is 15.8. The molecule has 4 aliphatic rings. The number of aromatic nitrogens is 3. The summed E-state index contributed by atoms with van der Waals surface area (Å²) < 4.78 is 15.2. The summed E-state index contributed by atoms with van der Waals surface area (Å²) in [7, 11) is 6.10. The van der Waals surface area contributed by atoms with Gasteiger partial charge in [-0.3, -0.25) is 39.2 Å². The molecular weight excluding hydrogens is 749 g/mol. The Kier molecular flexibility index (Phi) is 15.7. The highest BCUT2D eigenvalue weighted by Crippen LogP contribution is 2.39. The first kappa shape index (κ1) is 45.5. The van der Waals surface area contributed by atoms with Crippen molar-refractivity contribution in [1.29, 1.82) is 0 Å². The van der Waals surface area contributed by atoms with E-state index in [0.29, 0.717) is 11.7 Å². The Hall–Kier alpha value is -5.21. The first-order valence-corrected chi connectivity index (χ1v) is 19.3. The number of rotatable bonds is 5. The van der Waals surface area contributed by atoms with E-state index in [-0.39, 0.29) is 29.6 Å². The van der Waals surface area contributed by atoms with Crippen LogP contribution in [-0.2, 0) is 9.31 Å². The van der Waals surface area contributed by atoms with Crippen LogP contribution in [0.5, 0.6) is 0 Å². The number of H-pyrrole nitrogens is 1. The Morgan fingerprint density at radius 3 is 1.84 bits per heavy atom. The van der Waals surface area contributed by atoms with Crippen molar-refractivity contribution in [2.75, 3.05) is 66.1 Å². The Morgan fingerprint density at radius 2 is 1.33 bits per heavy atom. The highest BCUT2D eigenvalue weighted by molar-refractivity contribution is 6.54. The van der Waals surface area contributed by atoms with Crippen LogP contribution in [0.25, 0.3) is 5.70 Å². The maximum absolute atomic E-state index is 11.9. The van der Waals surface area contributed by atoms with Crippen LogP contribution in [0, 0.1) is 20.2 Å². The third-order valence-electron chi connectivity index (χ3n) is 10.9. The number of nitrogens with one attached hydrogen (secondary N) is 1. The fourth-order valence-electron chi connectivity index (χ4n) is 6.47. The summed E-state index contributed by atoms with van der Waals surface area (Å²) in [5.74, 6) is 0. The standard InChI is InChI=1S/C12H22BNO2.C11H13N3O3.C11H17N3O.C5H4N2O3/c1-11(2)12(3,4)16-13(15-11)10-6-8-14(5)9-7-10;1-12-7-4-9(5-8-12)13-6-2-3-10(11(13)15)14(16)17;1-13-7-4-9(5-8-13)14-6-2-3-10(12)11(14)15;8-5-4(7(9)10)2-1-3-6-5/h6H,7-9H2,1-5H3;2-4,6H,5,7-8H2,1H3;2-3,6,9H,4-5,7-8,12H2,1H3;1-3H,(H,6,8). The van der Waals surface area contributed by atoms with Crippen molar-refractivity contribution in [2.24, 2.45) is 0 Å². The van der Waals surface area contributed by atoms with Crippen molar-refractivity contribution in [3.63, 3.8) is 0 Å². The van der Waals surface area contributed by atoms with E-state index in [1.807, 2.05) is 25.4 Å². The highest BCUT2D eigenvalue weighted by Gasteiger charge is 2.52. The third kappa shape index (κ3) is 11.9. The molecular formula is C39H56BN9O9. The van der Waals surface area contributed by atoms with E-state index >= 15 is 0 Å². The van der Waals surface area contributed by atoms with Gasteiger partial charge in [0.2, 0.25) is 0 Å². The van der Waals surface area contributed by atoms with Gasteiger partial charge in [0, 0.05) is 75.1 Å². The zero-order chi connectivity index (χ0) is 42.8. The summed E-state index contributed by atoms with van der Waals surface area (Å²) in [5.41, 5.74) is 5.55. The van der Waals surface area contributed by atoms with Gasteiger partial charge in [0.1, 0.15) is 0 Å². The molecule has 0 amide bonds. The molecule has 0 radical (unpaired) electrons. The van der Waals surface area contributed by atoms with E-state index in [1.165, 1.54) is 34.4 Å². The smallest absolute Gasteiger partial charge is 0.400 e. The van der Waals surface area contributed by atoms with Crippen LogP contribution in [-0.4, -0.2) is 117 Å². The minimum atomic E-state index is -0.723. The van der Waals surface area contributed by atoms with Gasteiger partial charge in [0.05, 0.1) is 26.7 Å². The molecule has 7 rings (SSSR count). The number of hydrogen-bond acceptors (Lipinski definition) is 13. The molecule has 7 heterocycles. The van der Waals surface area contributed by atoms with Crippen LogP contribution >= 0.6 is 0 Å². The predicted molar refractivity (Wildman–Crippen MR) is 225 cm³/mol. The van der Waals surface area contributed by atoms with E-state index in [0.717, 1.165) is 76.7 Å². The second kappa shape index (κ2) is 20.0. The lowest BCUT2D eigenvalue weighted by atomic mass is 9.75. The van der Waals surface area contributed by atoms with Crippen LogP contribution < -0.4 is 22.4 Å². The molecule has 3 aromatic rings. The second-order valence-corrected chi connectivity index (χ2v) is 15.8.